The fourth-order valence-electron chi connectivity index (χ4n) is 2.68. The molecule has 1 aromatic rings. The molecule has 1 aliphatic carbocycles. The van der Waals surface area contributed by atoms with Crippen LogP contribution in [0.5, 0.6) is 0 Å². The first kappa shape index (κ1) is 16.7. The summed E-state index contributed by atoms with van der Waals surface area (Å²) in [6.45, 7) is -0.212. The predicted octanol–water partition coefficient (Wildman–Crippen LogP) is 1.23. The minimum absolute atomic E-state index is 0.00645. The molecule has 1 aliphatic heterocycles. The van der Waals surface area contributed by atoms with Crippen LogP contribution >= 0.6 is 0 Å². The standard InChI is InChI=1S/C18H22N2O4/c21-11-16-15(20-18(23)12-6-7-12)9-8-14(24-16)10-17(22)19-13-4-2-1-3-5-13/h1-5,8-9,12,14-16,21H,6-7,10-11H2,(H,19,22)(H,20,23)/t14-,15+,16-/m1/s1. The van der Waals surface area contributed by atoms with Gasteiger partial charge in [0, 0.05) is 11.6 Å². The second-order valence-electron chi connectivity index (χ2n) is 6.21. The summed E-state index contributed by atoms with van der Waals surface area (Å²) in [5.41, 5.74) is 0.732. The van der Waals surface area contributed by atoms with Crippen LogP contribution in [-0.4, -0.2) is 41.8 Å². The molecule has 0 unspecified atom stereocenters. The molecule has 1 heterocycles. The molecule has 3 rings (SSSR count). The molecule has 3 N–H and O–H groups in total. The van der Waals surface area contributed by atoms with E-state index in [0.29, 0.717) is 0 Å². The van der Waals surface area contributed by atoms with Gasteiger partial charge in [-0.1, -0.05) is 30.4 Å². The van der Waals surface area contributed by atoms with Gasteiger partial charge in [0.05, 0.1) is 25.2 Å². The molecule has 24 heavy (non-hydrogen) atoms. The van der Waals surface area contributed by atoms with E-state index < -0.39 is 12.2 Å². The first-order valence-corrected chi connectivity index (χ1v) is 8.25. The van der Waals surface area contributed by atoms with Gasteiger partial charge in [-0.15, -0.1) is 0 Å². The third-order valence-corrected chi connectivity index (χ3v) is 4.16. The Hall–Kier alpha value is -2.18. The predicted molar refractivity (Wildman–Crippen MR) is 89.2 cm³/mol. The van der Waals surface area contributed by atoms with E-state index in [1.165, 1.54) is 0 Å². The zero-order valence-corrected chi connectivity index (χ0v) is 13.4. The van der Waals surface area contributed by atoms with Gasteiger partial charge < -0.3 is 20.5 Å². The highest BCUT2D eigenvalue weighted by Crippen LogP contribution is 2.29. The maximum absolute atomic E-state index is 12.1. The van der Waals surface area contributed by atoms with Crippen LogP contribution in [0, 0.1) is 5.92 Å². The summed E-state index contributed by atoms with van der Waals surface area (Å²) in [5, 5.41) is 15.2. The number of amides is 2. The van der Waals surface area contributed by atoms with Gasteiger partial charge in [0.15, 0.2) is 0 Å². The number of rotatable bonds is 6. The van der Waals surface area contributed by atoms with Gasteiger partial charge in [-0.05, 0) is 25.0 Å². The minimum Gasteiger partial charge on any atom is -0.394 e. The van der Waals surface area contributed by atoms with Gasteiger partial charge in [-0.3, -0.25) is 9.59 Å². The van der Waals surface area contributed by atoms with E-state index in [1.807, 2.05) is 36.4 Å². The molecule has 1 aromatic carbocycles. The van der Waals surface area contributed by atoms with Crippen LogP contribution in [0.1, 0.15) is 19.3 Å². The van der Waals surface area contributed by atoms with Crippen molar-refractivity contribution in [3.05, 3.63) is 42.5 Å². The Labute approximate surface area is 140 Å². The molecule has 6 nitrogen and oxygen atoms in total. The van der Waals surface area contributed by atoms with E-state index in [9.17, 15) is 14.7 Å². The van der Waals surface area contributed by atoms with E-state index in [-0.39, 0.29) is 36.8 Å². The van der Waals surface area contributed by atoms with Crippen molar-refractivity contribution in [2.45, 2.75) is 37.5 Å². The van der Waals surface area contributed by atoms with Gasteiger partial charge >= 0.3 is 0 Å². The first-order valence-electron chi connectivity index (χ1n) is 8.25. The Morgan fingerprint density at radius 2 is 1.92 bits per heavy atom. The average Bonchev–Trinajstić information content (AvgIpc) is 3.42. The number of aliphatic hydroxyl groups excluding tert-OH is 1. The topological polar surface area (TPSA) is 87.7 Å². The molecule has 0 aromatic heterocycles. The van der Waals surface area contributed by atoms with Crippen molar-refractivity contribution in [3.63, 3.8) is 0 Å². The van der Waals surface area contributed by atoms with Crippen molar-refractivity contribution >= 4 is 17.5 Å². The second-order valence-corrected chi connectivity index (χ2v) is 6.21. The molecule has 2 amide bonds. The monoisotopic (exact) mass is 330 g/mol. The van der Waals surface area contributed by atoms with Crippen molar-refractivity contribution in [1.82, 2.24) is 5.32 Å². The number of benzene rings is 1. The number of hydrogen-bond donors (Lipinski definition) is 3. The molecule has 0 spiro atoms. The van der Waals surface area contributed by atoms with Gasteiger partial charge in [-0.2, -0.15) is 0 Å². The maximum atomic E-state index is 12.1. The quantitative estimate of drug-likeness (QED) is 0.685. The Morgan fingerprint density at radius 1 is 1.17 bits per heavy atom. The van der Waals surface area contributed by atoms with E-state index in [1.54, 1.807) is 6.08 Å². The average molecular weight is 330 g/mol. The number of nitrogens with one attached hydrogen (secondary N) is 2. The van der Waals surface area contributed by atoms with Crippen molar-refractivity contribution in [1.29, 1.82) is 0 Å². The number of ether oxygens (including phenoxy) is 1. The fourth-order valence-corrected chi connectivity index (χ4v) is 2.68. The molecule has 6 heteroatoms. The number of hydrogen-bond acceptors (Lipinski definition) is 4. The second kappa shape index (κ2) is 7.59. The van der Waals surface area contributed by atoms with Gasteiger partial charge in [-0.25, -0.2) is 0 Å². The van der Waals surface area contributed by atoms with Crippen LogP contribution in [0.15, 0.2) is 42.5 Å². The zero-order chi connectivity index (χ0) is 16.9. The summed E-state index contributed by atoms with van der Waals surface area (Å²) in [7, 11) is 0. The van der Waals surface area contributed by atoms with Crippen LogP contribution in [0.4, 0.5) is 5.69 Å². The van der Waals surface area contributed by atoms with Gasteiger partial charge in [0.1, 0.15) is 6.10 Å². The van der Waals surface area contributed by atoms with Crippen LogP contribution in [0.2, 0.25) is 0 Å². The Bertz CT molecular complexity index is 613. The lowest BCUT2D eigenvalue weighted by Gasteiger charge is -2.31. The lowest BCUT2D eigenvalue weighted by Crippen LogP contribution is -2.49. The van der Waals surface area contributed by atoms with Crippen LogP contribution < -0.4 is 10.6 Å². The summed E-state index contributed by atoms with van der Waals surface area (Å²) < 4.78 is 5.75. The van der Waals surface area contributed by atoms with Crippen molar-refractivity contribution in [2.24, 2.45) is 5.92 Å². The summed E-state index contributed by atoms with van der Waals surface area (Å²) in [6.07, 6.45) is 4.64. The highest BCUT2D eigenvalue weighted by molar-refractivity contribution is 5.91. The summed E-state index contributed by atoms with van der Waals surface area (Å²) in [5.74, 6) is -0.0490. The highest BCUT2D eigenvalue weighted by atomic mass is 16.5. The third kappa shape index (κ3) is 4.43. The summed E-state index contributed by atoms with van der Waals surface area (Å²) in [4.78, 5) is 23.9. The number of aliphatic hydroxyl groups is 1. The largest absolute Gasteiger partial charge is 0.394 e. The number of para-hydroxylation sites is 1. The fraction of sp³-hybridized carbons (Fsp3) is 0.444. The molecule has 3 atom stereocenters. The molecule has 2 aliphatic rings. The third-order valence-electron chi connectivity index (χ3n) is 4.16. The Kier molecular flexibility index (Phi) is 5.27. The maximum Gasteiger partial charge on any atom is 0.227 e. The number of carbonyl (C=O) groups excluding carboxylic acids is 2. The Balaban J connectivity index is 1.53. The van der Waals surface area contributed by atoms with Gasteiger partial charge in [0.2, 0.25) is 11.8 Å². The zero-order valence-electron chi connectivity index (χ0n) is 13.4. The van der Waals surface area contributed by atoms with Gasteiger partial charge in [0.25, 0.3) is 0 Å². The van der Waals surface area contributed by atoms with Crippen LogP contribution in [0.25, 0.3) is 0 Å². The lowest BCUT2D eigenvalue weighted by molar-refractivity contribution is -0.126. The van der Waals surface area contributed by atoms with E-state index in [2.05, 4.69) is 10.6 Å². The van der Waals surface area contributed by atoms with Crippen molar-refractivity contribution in [2.75, 3.05) is 11.9 Å². The van der Waals surface area contributed by atoms with Crippen molar-refractivity contribution in [3.8, 4) is 0 Å². The molecule has 0 bridgehead atoms. The van der Waals surface area contributed by atoms with E-state index in [4.69, 9.17) is 4.74 Å². The van der Waals surface area contributed by atoms with E-state index >= 15 is 0 Å². The Morgan fingerprint density at radius 3 is 2.58 bits per heavy atom. The molecule has 128 valence electrons. The minimum atomic E-state index is -0.535. The SMILES string of the molecule is O=C(C[C@H]1C=C[C@H](NC(=O)C2CC2)[C@@H](CO)O1)Nc1ccccc1. The molecule has 1 saturated carbocycles. The molecule has 0 radical (unpaired) electrons. The van der Waals surface area contributed by atoms with Crippen LogP contribution in [-0.2, 0) is 14.3 Å². The molecule has 1 fully saturated rings. The number of anilines is 1. The normalized spacial score (nSPS) is 26.0. The van der Waals surface area contributed by atoms with Crippen LogP contribution in [0.3, 0.4) is 0 Å². The van der Waals surface area contributed by atoms with Crippen molar-refractivity contribution < 1.29 is 19.4 Å². The lowest BCUT2D eigenvalue weighted by atomic mass is 10.0. The summed E-state index contributed by atoms with van der Waals surface area (Å²) >= 11 is 0. The molecular formula is C18H22N2O4. The van der Waals surface area contributed by atoms with E-state index in [0.717, 1.165) is 18.5 Å². The highest BCUT2D eigenvalue weighted by Gasteiger charge is 2.34. The first-order chi connectivity index (χ1) is 11.7. The smallest absolute Gasteiger partial charge is 0.227 e. The molecular weight excluding hydrogens is 308 g/mol. The molecule has 0 saturated heterocycles. The summed E-state index contributed by atoms with van der Waals surface area (Å²) in [6, 6.07) is 8.86. The number of carbonyl (C=O) groups is 2.